The van der Waals surface area contributed by atoms with Crippen LogP contribution in [0, 0.1) is 0 Å². The summed E-state index contributed by atoms with van der Waals surface area (Å²) >= 11 is 0. The van der Waals surface area contributed by atoms with Gasteiger partial charge in [0.15, 0.2) is 0 Å². The van der Waals surface area contributed by atoms with Crippen molar-refractivity contribution < 1.29 is 14.6 Å². The van der Waals surface area contributed by atoms with Crippen LogP contribution in [0.2, 0.25) is 0 Å². The van der Waals surface area contributed by atoms with Crippen molar-refractivity contribution in [2.75, 3.05) is 5.73 Å². The van der Waals surface area contributed by atoms with Crippen LogP contribution < -0.4 is 11.1 Å². The molecule has 1 fully saturated rings. The fraction of sp³-hybridized carbons (Fsp3) is 0.348. The molecule has 2 atom stereocenters. The number of amides is 1. The van der Waals surface area contributed by atoms with Crippen LogP contribution in [0.3, 0.4) is 0 Å². The first-order valence-electron chi connectivity index (χ1n) is 10.4. The number of anilines is 1. The van der Waals surface area contributed by atoms with Crippen LogP contribution in [0.1, 0.15) is 40.9 Å². The number of benzene rings is 1. The Morgan fingerprint density at radius 2 is 2.13 bits per heavy atom. The number of nitrogens with one attached hydrogen (secondary N) is 1. The summed E-state index contributed by atoms with van der Waals surface area (Å²) < 4.78 is 7.71. The topological polar surface area (TPSA) is 115 Å². The van der Waals surface area contributed by atoms with Gasteiger partial charge in [0.2, 0.25) is 0 Å². The minimum absolute atomic E-state index is 0.0409. The van der Waals surface area contributed by atoms with Crippen molar-refractivity contribution in [3.05, 3.63) is 65.6 Å². The molecule has 0 bridgehead atoms. The minimum Gasteiger partial charge on any atom is -0.390 e. The Balaban J connectivity index is 1.47. The first kappa shape index (κ1) is 21.0. The molecule has 0 aliphatic heterocycles. The highest BCUT2D eigenvalue weighted by molar-refractivity contribution is 5.99. The van der Waals surface area contributed by atoms with Crippen LogP contribution in [0.4, 0.5) is 5.82 Å². The number of carbonyl (C=O) groups is 1. The van der Waals surface area contributed by atoms with E-state index in [-0.39, 0.29) is 30.5 Å². The lowest BCUT2D eigenvalue weighted by Crippen LogP contribution is -2.41. The standard InChI is InChI=1S/C23H27N5O3/c1-28-12-18(20(13-29)27-28)16-10-17(22(24)25-11-16)23(30)26-19-8-5-9-21(19)31-14-15-6-3-2-4-7-15/h2-4,6-7,10-12,19,21,29H,5,8-9,13-14H2,1H3,(H2,24,25)(H,26,30)/t19-,21-/m0/s1. The van der Waals surface area contributed by atoms with Crippen molar-refractivity contribution in [2.24, 2.45) is 7.05 Å². The maximum absolute atomic E-state index is 13.0. The predicted octanol–water partition coefficient (Wildman–Crippen LogP) is 2.42. The Kier molecular flexibility index (Phi) is 6.29. The lowest BCUT2D eigenvalue weighted by molar-refractivity contribution is 0.0272. The van der Waals surface area contributed by atoms with E-state index in [0.29, 0.717) is 23.4 Å². The molecule has 162 valence electrons. The van der Waals surface area contributed by atoms with Crippen molar-refractivity contribution >= 4 is 11.7 Å². The second-order valence-electron chi connectivity index (χ2n) is 7.82. The molecule has 1 amide bonds. The molecule has 31 heavy (non-hydrogen) atoms. The van der Waals surface area contributed by atoms with E-state index in [2.05, 4.69) is 15.4 Å². The van der Waals surface area contributed by atoms with Gasteiger partial charge in [0, 0.05) is 30.6 Å². The van der Waals surface area contributed by atoms with E-state index < -0.39 is 0 Å². The molecule has 8 nitrogen and oxygen atoms in total. The molecule has 0 saturated heterocycles. The molecule has 2 aromatic heterocycles. The maximum atomic E-state index is 13.0. The van der Waals surface area contributed by atoms with Gasteiger partial charge in [0.05, 0.1) is 36.6 Å². The quantitative estimate of drug-likeness (QED) is 0.540. The third-order valence-electron chi connectivity index (χ3n) is 5.61. The highest BCUT2D eigenvalue weighted by Gasteiger charge is 2.30. The zero-order valence-corrected chi connectivity index (χ0v) is 17.5. The number of carbonyl (C=O) groups excluding carboxylic acids is 1. The second kappa shape index (κ2) is 9.28. The number of rotatable bonds is 7. The third kappa shape index (κ3) is 4.76. The van der Waals surface area contributed by atoms with E-state index in [1.165, 1.54) is 0 Å². The van der Waals surface area contributed by atoms with Gasteiger partial charge in [-0.15, -0.1) is 0 Å². The molecule has 0 spiro atoms. The number of hydrogen-bond acceptors (Lipinski definition) is 6. The average molecular weight is 422 g/mol. The summed E-state index contributed by atoms with van der Waals surface area (Å²) in [5.74, 6) is -0.114. The summed E-state index contributed by atoms with van der Waals surface area (Å²) in [5.41, 5.74) is 9.35. The molecule has 8 heteroatoms. The van der Waals surface area contributed by atoms with Crippen molar-refractivity contribution in [3.8, 4) is 11.1 Å². The molecular weight excluding hydrogens is 394 g/mol. The third-order valence-corrected chi connectivity index (χ3v) is 5.61. The van der Waals surface area contributed by atoms with Gasteiger partial charge in [0.25, 0.3) is 5.91 Å². The lowest BCUT2D eigenvalue weighted by atomic mass is 10.1. The summed E-state index contributed by atoms with van der Waals surface area (Å²) in [6.07, 6.45) is 6.08. The van der Waals surface area contributed by atoms with Crippen molar-refractivity contribution in [2.45, 2.75) is 44.6 Å². The normalized spacial score (nSPS) is 18.3. The van der Waals surface area contributed by atoms with E-state index in [9.17, 15) is 9.90 Å². The van der Waals surface area contributed by atoms with Crippen LogP contribution >= 0.6 is 0 Å². The van der Waals surface area contributed by atoms with Crippen LogP contribution in [0.5, 0.6) is 0 Å². The number of ether oxygens (including phenoxy) is 1. The molecule has 1 aliphatic rings. The monoisotopic (exact) mass is 421 g/mol. The Bertz CT molecular complexity index is 1050. The van der Waals surface area contributed by atoms with Gasteiger partial charge in [0.1, 0.15) is 5.82 Å². The number of aliphatic hydroxyl groups is 1. The first-order valence-corrected chi connectivity index (χ1v) is 10.4. The SMILES string of the molecule is Cn1cc(-c2cnc(N)c(C(=O)N[C@H]3CCC[C@@H]3OCc3ccccc3)c2)c(CO)n1. The molecule has 1 aromatic carbocycles. The number of nitrogens with two attached hydrogens (primary N) is 1. The van der Waals surface area contributed by atoms with Gasteiger partial charge in [-0.3, -0.25) is 9.48 Å². The van der Waals surface area contributed by atoms with Crippen molar-refractivity contribution in [1.82, 2.24) is 20.1 Å². The van der Waals surface area contributed by atoms with Crippen LogP contribution in [-0.4, -0.2) is 37.9 Å². The summed E-state index contributed by atoms with van der Waals surface area (Å²) in [6, 6.07) is 11.6. The number of aliphatic hydroxyl groups excluding tert-OH is 1. The van der Waals surface area contributed by atoms with Gasteiger partial charge in [-0.2, -0.15) is 5.10 Å². The zero-order chi connectivity index (χ0) is 21.8. The van der Waals surface area contributed by atoms with Gasteiger partial charge in [-0.25, -0.2) is 4.98 Å². The number of aryl methyl sites for hydroxylation is 1. The van der Waals surface area contributed by atoms with E-state index in [4.69, 9.17) is 10.5 Å². The summed E-state index contributed by atoms with van der Waals surface area (Å²) in [5, 5.41) is 16.9. The van der Waals surface area contributed by atoms with E-state index in [1.54, 1.807) is 30.2 Å². The van der Waals surface area contributed by atoms with E-state index in [1.807, 2.05) is 30.3 Å². The lowest BCUT2D eigenvalue weighted by Gasteiger charge is -2.22. The molecular formula is C23H27N5O3. The summed E-state index contributed by atoms with van der Waals surface area (Å²) in [7, 11) is 1.77. The highest BCUT2D eigenvalue weighted by atomic mass is 16.5. The molecule has 1 aliphatic carbocycles. The second-order valence-corrected chi connectivity index (χ2v) is 7.82. The average Bonchev–Trinajstić information content (AvgIpc) is 3.39. The van der Waals surface area contributed by atoms with Gasteiger partial charge < -0.3 is 20.9 Å². The number of nitrogen functional groups attached to an aromatic ring is 1. The molecule has 3 aromatic rings. The Labute approximate surface area is 181 Å². The Morgan fingerprint density at radius 1 is 1.32 bits per heavy atom. The fourth-order valence-corrected chi connectivity index (χ4v) is 4.01. The maximum Gasteiger partial charge on any atom is 0.255 e. The zero-order valence-electron chi connectivity index (χ0n) is 17.5. The van der Waals surface area contributed by atoms with Crippen LogP contribution in [0.25, 0.3) is 11.1 Å². The Morgan fingerprint density at radius 3 is 2.90 bits per heavy atom. The van der Waals surface area contributed by atoms with Crippen LogP contribution in [0.15, 0.2) is 48.8 Å². The molecule has 0 unspecified atom stereocenters. The van der Waals surface area contributed by atoms with Crippen LogP contribution in [-0.2, 0) is 25.0 Å². The molecule has 1 saturated carbocycles. The number of aromatic nitrogens is 3. The molecule has 4 rings (SSSR count). The number of hydrogen-bond donors (Lipinski definition) is 3. The number of pyridine rings is 1. The summed E-state index contributed by atoms with van der Waals surface area (Å²) in [4.78, 5) is 17.2. The van der Waals surface area contributed by atoms with Gasteiger partial charge >= 0.3 is 0 Å². The first-order chi connectivity index (χ1) is 15.0. The fourth-order valence-electron chi connectivity index (χ4n) is 4.01. The van der Waals surface area contributed by atoms with Crippen molar-refractivity contribution in [3.63, 3.8) is 0 Å². The smallest absolute Gasteiger partial charge is 0.255 e. The van der Waals surface area contributed by atoms with Crippen molar-refractivity contribution in [1.29, 1.82) is 0 Å². The molecule has 2 heterocycles. The van der Waals surface area contributed by atoms with E-state index >= 15 is 0 Å². The summed E-state index contributed by atoms with van der Waals surface area (Å²) in [6.45, 7) is 0.312. The minimum atomic E-state index is -0.276. The highest BCUT2D eigenvalue weighted by Crippen LogP contribution is 2.27. The van der Waals surface area contributed by atoms with Gasteiger partial charge in [-0.1, -0.05) is 30.3 Å². The predicted molar refractivity (Wildman–Crippen MR) is 117 cm³/mol. The molecule has 4 N–H and O–H groups in total. The molecule has 0 radical (unpaired) electrons. The Hall–Kier alpha value is -3.23. The number of nitrogens with zero attached hydrogens (tertiary/aromatic N) is 3. The largest absolute Gasteiger partial charge is 0.390 e. The van der Waals surface area contributed by atoms with Gasteiger partial charge in [-0.05, 0) is 30.9 Å². The van der Waals surface area contributed by atoms with E-state index in [0.717, 1.165) is 30.4 Å².